The van der Waals surface area contributed by atoms with Crippen molar-refractivity contribution in [2.75, 3.05) is 18.0 Å². The van der Waals surface area contributed by atoms with Gasteiger partial charge in [-0.1, -0.05) is 0 Å². The lowest BCUT2D eigenvalue weighted by Gasteiger charge is -2.34. The van der Waals surface area contributed by atoms with Crippen molar-refractivity contribution in [2.24, 2.45) is 7.05 Å². The van der Waals surface area contributed by atoms with Gasteiger partial charge in [-0.25, -0.2) is 0 Å². The number of amides is 1. The third-order valence-corrected chi connectivity index (χ3v) is 4.12. The molecule has 1 atom stereocenters. The van der Waals surface area contributed by atoms with Gasteiger partial charge in [-0.15, -0.1) is 0 Å². The molecule has 1 saturated heterocycles. The monoisotopic (exact) mass is 353 g/mol. The number of piperidine rings is 1. The largest absolute Gasteiger partial charge is 0.433 e. The molecule has 9 heteroatoms. The van der Waals surface area contributed by atoms with E-state index >= 15 is 0 Å². The van der Waals surface area contributed by atoms with Crippen molar-refractivity contribution in [1.82, 2.24) is 20.1 Å². The predicted octanol–water partition coefficient (Wildman–Crippen LogP) is 2.23. The maximum Gasteiger partial charge on any atom is 0.433 e. The SMILES string of the molecule is Cn1cc(C(=O)NC2CCCN(c3ccnc(C(F)(F)F)c3)C2)cn1. The number of anilines is 1. The average molecular weight is 353 g/mol. The predicted molar refractivity (Wildman–Crippen MR) is 85.1 cm³/mol. The zero-order valence-corrected chi connectivity index (χ0v) is 13.6. The molecule has 2 aromatic rings. The van der Waals surface area contributed by atoms with E-state index in [2.05, 4.69) is 15.4 Å². The lowest BCUT2D eigenvalue weighted by Crippen LogP contribution is -2.47. The fourth-order valence-corrected chi connectivity index (χ4v) is 2.91. The van der Waals surface area contributed by atoms with Crippen LogP contribution in [0.5, 0.6) is 0 Å². The number of alkyl halides is 3. The van der Waals surface area contributed by atoms with E-state index in [4.69, 9.17) is 0 Å². The minimum Gasteiger partial charge on any atom is -0.369 e. The number of aryl methyl sites for hydroxylation is 1. The molecule has 3 rings (SSSR count). The molecule has 1 fully saturated rings. The van der Waals surface area contributed by atoms with Crippen LogP contribution in [0.2, 0.25) is 0 Å². The van der Waals surface area contributed by atoms with Crippen molar-refractivity contribution in [1.29, 1.82) is 0 Å². The van der Waals surface area contributed by atoms with Gasteiger partial charge in [-0.05, 0) is 25.0 Å². The van der Waals surface area contributed by atoms with E-state index in [0.717, 1.165) is 25.1 Å². The van der Waals surface area contributed by atoms with Crippen LogP contribution in [-0.2, 0) is 13.2 Å². The van der Waals surface area contributed by atoms with Crippen LogP contribution in [0.25, 0.3) is 0 Å². The smallest absolute Gasteiger partial charge is 0.369 e. The minimum atomic E-state index is -4.47. The second kappa shape index (κ2) is 6.73. The molecule has 25 heavy (non-hydrogen) atoms. The second-order valence-electron chi connectivity index (χ2n) is 6.06. The fourth-order valence-electron chi connectivity index (χ4n) is 2.91. The number of nitrogens with one attached hydrogen (secondary N) is 1. The molecule has 1 amide bonds. The quantitative estimate of drug-likeness (QED) is 0.919. The third-order valence-electron chi connectivity index (χ3n) is 4.12. The van der Waals surface area contributed by atoms with Crippen molar-refractivity contribution >= 4 is 11.6 Å². The van der Waals surface area contributed by atoms with E-state index in [1.54, 1.807) is 19.3 Å². The third kappa shape index (κ3) is 4.09. The topological polar surface area (TPSA) is 63.1 Å². The molecule has 0 aliphatic carbocycles. The van der Waals surface area contributed by atoms with Gasteiger partial charge < -0.3 is 10.2 Å². The number of pyridine rings is 1. The number of carbonyl (C=O) groups excluding carboxylic acids is 1. The highest BCUT2D eigenvalue weighted by molar-refractivity contribution is 5.93. The first-order valence-corrected chi connectivity index (χ1v) is 7.90. The summed E-state index contributed by atoms with van der Waals surface area (Å²) in [5, 5.41) is 6.88. The zero-order chi connectivity index (χ0) is 18.0. The molecule has 134 valence electrons. The van der Waals surface area contributed by atoms with Gasteiger partial charge in [0.2, 0.25) is 0 Å². The lowest BCUT2D eigenvalue weighted by molar-refractivity contribution is -0.141. The van der Waals surface area contributed by atoms with Gasteiger partial charge in [-0.2, -0.15) is 18.3 Å². The number of hydrogen-bond acceptors (Lipinski definition) is 4. The maximum atomic E-state index is 12.8. The van der Waals surface area contributed by atoms with Gasteiger partial charge in [0, 0.05) is 44.3 Å². The van der Waals surface area contributed by atoms with Gasteiger partial charge in [-0.3, -0.25) is 14.5 Å². The molecule has 0 saturated carbocycles. The van der Waals surface area contributed by atoms with E-state index in [1.807, 2.05) is 4.90 Å². The van der Waals surface area contributed by atoms with Crippen molar-refractivity contribution in [2.45, 2.75) is 25.1 Å². The Hall–Kier alpha value is -2.58. The first-order chi connectivity index (χ1) is 11.8. The number of aromatic nitrogens is 3. The Morgan fingerprint density at radius 2 is 2.20 bits per heavy atom. The molecular formula is C16H18F3N5O. The van der Waals surface area contributed by atoms with Crippen LogP contribution < -0.4 is 10.2 Å². The normalized spacial score (nSPS) is 18.2. The van der Waals surface area contributed by atoms with Gasteiger partial charge in [0.15, 0.2) is 0 Å². The van der Waals surface area contributed by atoms with Crippen LogP contribution in [0.4, 0.5) is 18.9 Å². The molecule has 1 unspecified atom stereocenters. The standard InChI is InChI=1S/C16H18F3N5O/c1-23-9-11(8-21-23)15(25)22-12-3-2-6-24(10-12)13-4-5-20-14(7-13)16(17,18)19/h4-5,7-9,12H,2-3,6,10H2,1H3,(H,22,25). The summed E-state index contributed by atoms with van der Waals surface area (Å²) in [5.41, 5.74) is 0.0112. The molecule has 2 aromatic heterocycles. The Labute approximate surface area is 142 Å². The highest BCUT2D eigenvalue weighted by Crippen LogP contribution is 2.30. The van der Waals surface area contributed by atoms with E-state index in [9.17, 15) is 18.0 Å². The molecule has 0 bridgehead atoms. The van der Waals surface area contributed by atoms with Gasteiger partial charge in [0.1, 0.15) is 5.69 Å². The molecule has 3 heterocycles. The summed E-state index contributed by atoms with van der Waals surface area (Å²) in [6, 6.07) is 2.47. The first kappa shape index (κ1) is 17.2. The zero-order valence-electron chi connectivity index (χ0n) is 13.6. The number of nitrogens with zero attached hydrogens (tertiary/aromatic N) is 4. The lowest BCUT2D eigenvalue weighted by atomic mass is 10.0. The highest BCUT2D eigenvalue weighted by Gasteiger charge is 2.33. The molecule has 0 radical (unpaired) electrons. The molecule has 6 nitrogen and oxygen atoms in total. The Kier molecular flexibility index (Phi) is 4.65. The minimum absolute atomic E-state index is 0.135. The summed E-state index contributed by atoms with van der Waals surface area (Å²) in [4.78, 5) is 17.4. The fraction of sp³-hybridized carbons (Fsp3) is 0.438. The summed E-state index contributed by atoms with van der Waals surface area (Å²) in [5.74, 6) is -0.231. The summed E-state index contributed by atoms with van der Waals surface area (Å²) >= 11 is 0. The van der Waals surface area contributed by atoms with Crippen molar-refractivity contribution in [3.63, 3.8) is 0 Å². The molecule has 1 aliphatic rings. The van der Waals surface area contributed by atoms with Crippen LogP contribution in [0.3, 0.4) is 0 Å². The van der Waals surface area contributed by atoms with Crippen molar-refractivity contribution < 1.29 is 18.0 Å². The highest BCUT2D eigenvalue weighted by atomic mass is 19.4. The Bertz CT molecular complexity index is 758. The Morgan fingerprint density at radius 3 is 2.88 bits per heavy atom. The van der Waals surface area contributed by atoms with Crippen LogP contribution in [-0.4, -0.2) is 39.8 Å². The molecular weight excluding hydrogens is 335 g/mol. The second-order valence-corrected chi connectivity index (χ2v) is 6.06. The summed E-state index contributed by atoms with van der Waals surface area (Å²) in [7, 11) is 1.72. The molecule has 0 spiro atoms. The van der Waals surface area contributed by atoms with Crippen LogP contribution in [0.1, 0.15) is 28.9 Å². The number of hydrogen-bond donors (Lipinski definition) is 1. The summed E-state index contributed by atoms with van der Waals surface area (Å²) in [6.45, 7) is 1.09. The van der Waals surface area contributed by atoms with Crippen LogP contribution >= 0.6 is 0 Å². The van der Waals surface area contributed by atoms with Crippen LogP contribution in [0, 0.1) is 0 Å². The molecule has 1 aliphatic heterocycles. The summed E-state index contributed by atoms with van der Waals surface area (Å²) < 4.78 is 40.0. The molecule has 0 aromatic carbocycles. The van der Waals surface area contributed by atoms with Gasteiger partial charge in [0.25, 0.3) is 5.91 Å². The molecule has 1 N–H and O–H groups in total. The number of carbonyl (C=O) groups is 1. The number of rotatable bonds is 3. The van der Waals surface area contributed by atoms with E-state index in [0.29, 0.717) is 24.3 Å². The van der Waals surface area contributed by atoms with E-state index < -0.39 is 11.9 Å². The Balaban J connectivity index is 1.68. The van der Waals surface area contributed by atoms with Gasteiger partial charge in [0.05, 0.1) is 11.8 Å². The number of halogens is 3. The maximum absolute atomic E-state index is 12.8. The summed E-state index contributed by atoms with van der Waals surface area (Å²) in [6.07, 6.45) is 1.35. The van der Waals surface area contributed by atoms with Crippen molar-refractivity contribution in [3.05, 3.63) is 42.0 Å². The van der Waals surface area contributed by atoms with Crippen LogP contribution in [0.15, 0.2) is 30.7 Å². The average Bonchev–Trinajstić information content (AvgIpc) is 3.01. The Morgan fingerprint density at radius 1 is 1.40 bits per heavy atom. The van der Waals surface area contributed by atoms with Gasteiger partial charge >= 0.3 is 6.18 Å². The van der Waals surface area contributed by atoms with Crippen molar-refractivity contribution in [3.8, 4) is 0 Å². The first-order valence-electron chi connectivity index (χ1n) is 7.90. The van der Waals surface area contributed by atoms with E-state index in [1.165, 1.54) is 10.9 Å². The van der Waals surface area contributed by atoms with E-state index in [-0.39, 0.29) is 11.9 Å².